The first-order valence-electron chi connectivity index (χ1n) is 8.77. The monoisotopic (exact) mass is 436 g/mol. The molecule has 6 nitrogen and oxygen atoms in total. The number of aromatic nitrogens is 2. The normalized spacial score (nSPS) is 12.2. The summed E-state index contributed by atoms with van der Waals surface area (Å²) < 4.78 is 7.67. The highest BCUT2D eigenvalue weighted by Gasteiger charge is 2.23. The van der Waals surface area contributed by atoms with Crippen molar-refractivity contribution in [2.75, 3.05) is 12.4 Å². The van der Waals surface area contributed by atoms with Crippen molar-refractivity contribution in [1.82, 2.24) is 9.78 Å². The summed E-state index contributed by atoms with van der Waals surface area (Å²) in [6.45, 7) is 2.51. The lowest BCUT2D eigenvalue weighted by atomic mass is 10.0. The SMILES string of the molecule is COC(=O)c1ccc(-c2nn3c(c2C#N)Nc2ccc(Br)cc2CC3)cc1C. The molecule has 1 N–H and O–H groups in total. The minimum absolute atomic E-state index is 0.380. The Hall–Kier alpha value is -3.11. The van der Waals surface area contributed by atoms with Gasteiger partial charge in [0, 0.05) is 22.3 Å². The number of nitrogens with zero attached hydrogens (tertiary/aromatic N) is 3. The zero-order valence-electron chi connectivity index (χ0n) is 15.4. The molecule has 0 spiro atoms. The summed E-state index contributed by atoms with van der Waals surface area (Å²) in [7, 11) is 1.36. The van der Waals surface area contributed by atoms with Crippen LogP contribution in [0.3, 0.4) is 0 Å². The summed E-state index contributed by atoms with van der Waals surface area (Å²) in [6.07, 6.45) is 0.807. The summed E-state index contributed by atoms with van der Waals surface area (Å²) >= 11 is 3.50. The Balaban J connectivity index is 1.79. The fourth-order valence-corrected chi connectivity index (χ4v) is 3.86. The minimum atomic E-state index is -0.380. The molecule has 3 aromatic rings. The fourth-order valence-electron chi connectivity index (χ4n) is 3.45. The zero-order chi connectivity index (χ0) is 19.8. The van der Waals surface area contributed by atoms with Crippen molar-refractivity contribution < 1.29 is 9.53 Å². The number of nitriles is 1. The number of carbonyl (C=O) groups is 1. The van der Waals surface area contributed by atoms with Gasteiger partial charge in [0.15, 0.2) is 0 Å². The number of benzene rings is 2. The largest absolute Gasteiger partial charge is 0.465 e. The number of aryl methyl sites for hydroxylation is 3. The number of carbonyl (C=O) groups excluding carboxylic acids is 1. The van der Waals surface area contributed by atoms with Crippen LogP contribution in [-0.4, -0.2) is 22.9 Å². The topological polar surface area (TPSA) is 79.9 Å². The van der Waals surface area contributed by atoms with E-state index in [2.05, 4.69) is 33.4 Å². The van der Waals surface area contributed by atoms with Crippen LogP contribution in [0.2, 0.25) is 0 Å². The second-order valence-corrected chi connectivity index (χ2v) is 7.52. The molecule has 0 fully saturated rings. The average Bonchev–Trinajstić information content (AvgIpc) is 2.94. The molecule has 1 aliphatic rings. The number of rotatable bonds is 2. The van der Waals surface area contributed by atoms with Gasteiger partial charge < -0.3 is 10.1 Å². The summed E-state index contributed by atoms with van der Waals surface area (Å²) in [5.74, 6) is 0.308. The molecular formula is C21H17BrN4O2. The van der Waals surface area contributed by atoms with Crippen LogP contribution in [-0.2, 0) is 17.7 Å². The van der Waals surface area contributed by atoms with Gasteiger partial charge in [-0.05, 0) is 54.8 Å². The van der Waals surface area contributed by atoms with Crippen molar-refractivity contribution in [3.05, 3.63) is 63.1 Å². The lowest BCUT2D eigenvalue weighted by Gasteiger charge is -2.08. The molecule has 0 bridgehead atoms. The molecule has 140 valence electrons. The molecule has 1 aromatic heterocycles. The molecule has 0 saturated carbocycles. The fraction of sp³-hybridized carbons (Fsp3) is 0.190. The zero-order valence-corrected chi connectivity index (χ0v) is 17.0. The van der Waals surface area contributed by atoms with Gasteiger partial charge in [-0.1, -0.05) is 22.0 Å². The lowest BCUT2D eigenvalue weighted by Crippen LogP contribution is -2.04. The van der Waals surface area contributed by atoms with Gasteiger partial charge in [-0.2, -0.15) is 10.4 Å². The molecule has 0 amide bonds. The number of esters is 1. The van der Waals surface area contributed by atoms with Crippen LogP contribution in [0, 0.1) is 18.3 Å². The van der Waals surface area contributed by atoms with Gasteiger partial charge in [-0.3, -0.25) is 0 Å². The highest BCUT2D eigenvalue weighted by Crippen LogP contribution is 2.35. The van der Waals surface area contributed by atoms with Crippen LogP contribution < -0.4 is 5.32 Å². The van der Waals surface area contributed by atoms with Crippen LogP contribution in [0.15, 0.2) is 40.9 Å². The molecule has 0 unspecified atom stereocenters. The van der Waals surface area contributed by atoms with E-state index in [9.17, 15) is 10.1 Å². The number of fused-ring (bicyclic) bond motifs is 2. The van der Waals surface area contributed by atoms with E-state index in [0.29, 0.717) is 29.2 Å². The van der Waals surface area contributed by atoms with E-state index in [1.54, 1.807) is 12.1 Å². The smallest absolute Gasteiger partial charge is 0.338 e. The highest BCUT2D eigenvalue weighted by molar-refractivity contribution is 9.10. The second-order valence-electron chi connectivity index (χ2n) is 6.60. The predicted molar refractivity (Wildman–Crippen MR) is 110 cm³/mol. The van der Waals surface area contributed by atoms with E-state index in [4.69, 9.17) is 9.84 Å². The first-order chi connectivity index (χ1) is 13.5. The molecule has 2 aromatic carbocycles. The molecule has 1 aliphatic heterocycles. The molecule has 2 heterocycles. The maximum atomic E-state index is 11.8. The first-order valence-corrected chi connectivity index (χ1v) is 9.57. The molecule has 4 rings (SSSR count). The Morgan fingerprint density at radius 3 is 2.86 bits per heavy atom. The van der Waals surface area contributed by atoms with E-state index in [1.807, 2.05) is 29.8 Å². The molecule has 28 heavy (non-hydrogen) atoms. The van der Waals surface area contributed by atoms with Crippen molar-refractivity contribution in [2.45, 2.75) is 19.9 Å². The molecule has 0 saturated heterocycles. The van der Waals surface area contributed by atoms with Gasteiger partial charge in [-0.15, -0.1) is 0 Å². The Morgan fingerprint density at radius 1 is 1.32 bits per heavy atom. The van der Waals surface area contributed by atoms with E-state index in [-0.39, 0.29) is 5.97 Å². The van der Waals surface area contributed by atoms with Crippen LogP contribution >= 0.6 is 15.9 Å². The third-order valence-corrected chi connectivity index (χ3v) is 5.38. The Kier molecular flexibility index (Phi) is 4.65. The summed E-state index contributed by atoms with van der Waals surface area (Å²) in [4.78, 5) is 11.8. The van der Waals surface area contributed by atoms with Gasteiger partial charge in [-0.25, -0.2) is 9.48 Å². The number of anilines is 2. The van der Waals surface area contributed by atoms with Crippen molar-refractivity contribution in [3.63, 3.8) is 0 Å². The third-order valence-electron chi connectivity index (χ3n) is 4.88. The van der Waals surface area contributed by atoms with Crippen molar-refractivity contribution in [1.29, 1.82) is 5.26 Å². The van der Waals surface area contributed by atoms with E-state index in [0.717, 1.165) is 27.7 Å². The van der Waals surface area contributed by atoms with Gasteiger partial charge in [0.1, 0.15) is 23.1 Å². The predicted octanol–water partition coefficient (Wildman–Crippen LogP) is 4.58. The van der Waals surface area contributed by atoms with E-state index >= 15 is 0 Å². The lowest BCUT2D eigenvalue weighted by molar-refractivity contribution is 0.0600. The molecule has 0 atom stereocenters. The van der Waals surface area contributed by atoms with Crippen LogP contribution in [0.25, 0.3) is 11.3 Å². The number of ether oxygens (including phenoxy) is 1. The van der Waals surface area contributed by atoms with E-state index < -0.39 is 0 Å². The summed E-state index contributed by atoms with van der Waals surface area (Å²) in [6, 6.07) is 13.7. The van der Waals surface area contributed by atoms with Crippen LogP contribution in [0.1, 0.15) is 27.0 Å². The summed E-state index contributed by atoms with van der Waals surface area (Å²) in [5, 5.41) is 17.9. The standard InChI is InChI=1S/C21H17BrN4O2/c1-12-9-14(3-5-16(12)21(27)28-2)19-17(11-23)20-24-18-6-4-15(22)10-13(18)7-8-26(20)25-19/h3-6,9-10,24H,7-8H2,1-2H3. The van der Waals surface area contributed by atoms with Crippen molar-refractivity contribution in [2.24, 2.45) is 0 Å². The van der Waals surface area contributed by atoms with Gasteiger partial charge in [0.25, 0.3) is 0 Å². The van der Waals surface area contributed by atoms with Crippen LogP contribution in [0.4, 0.5) is 11.5 Å². The first kappa shape index (κ1) is 18.3. The minimum Gasteiger partial charge on any atom is -0.465 e. The average molecular weight is 437 g/mol. The summed E-state index contributed by atoms with van der Waals surface area (Å²) in [5.41, 5.74) is 5.31. The maximum Gasteiger partial charge on any atom is 0.338 e. The van der Waals surface area contributed by atoms with Gasteiger partial charge in [0.05, 0.1) is 12.7 Å². The quantitative estimate of drug-likeness (QED) is 0.594. The second kappa shape index (κ2) is 7.13. The van der Waals surface area contributed by atoms with Crippen molar-refractivity contribution >= 4 is 33.4 Å². The maximum absolute atomic E-state index is 11.8. The number of nitrogens with one attached hydrogen (secondary N) is 1. The van der Waals surface area contributed by atoms with Gasteiger partial charge in [0.2, 0.25) is 0 Å². The van der Waals surface area contributed by atoms with Crippen molar-refractivity contribution in [3.8, 4) is 17.3 Å². The third kappa shape index (κ3) is 3.06. The molecule has 0 radical (unpaired) electrons. The van der Waals surface area contributed by atoms with E-state index in [1.165, 1.54) is 12.7 Å². The molecule has 7 heteroatoms. The van der Waals surface area contributed by atoms with Crippen LogP contribution in [0.5, 0.6) is 0 Å². The Morgan fingerprint density at radius 2 is 2.14 bits per heavy atom. The highest BCUT2D eigenvalue weighted by atomic mass is 79.9. The number of hydrogen-bond acceptors (Lipinski definition) is 5. The van der Waals surface area contributed by atoms with Gasteiger partial charge >= 0.3 is 5.97 Å². The number of methoxy groups -OCH3 is 1. The number of halogens is 1. The Bertz CT molecular complexity index is 1140. The number of hydrogen-bond donors (Lipinski definition) is 1. The molecular weight excluding hydrogens is 420 g/mol. The molecule has 0 aliphatic carbocycles. The Labute approximate surface area is 170 Å².